The highest BCUT2D eigenvalue weighted by Gasteiger charge is 2.25. The predicted molar refractivity (Wildman–Crippen MR) is 118 cm³/mol. The van der Waals surface area contributed by atoms with Gasteiger partial charge in [-0.25, -0.2) is 9.18 Å². The van der Waals surface area contributed by atoms with Gasteiger partial charge in [-0.15, -0.1) is 0 Å². The Hall–Kier alpha value is -4.13. The third-order valence-electron chi connectivity index (χ3n) is 4.88. The van der Waals surface area contributed by atoms with E-state index in [4.69, 9.17) is 19.6 Å². The second kappa shape index (κ2) is 8.55. The summed E-state index contributed by atoms with van der Waals surface area (Å²) in [5, 5.41) is 0.449. The first kappa shape index (κ1) is 21.1. The van der Waals surface area contributed by atoms with E-state index in [9.17, 15) is 14.0 Å². The van der Waals surface area contributed by atoms with Crippen molar-refractivity contribution in [1.29, 1.82) is 0 Å². The van der Waals surface area contributed by atoms with Crippen LogP contribution in [-0.2, 0) is 4.74 Å². The third kappa shape index (κ3) is 4.05. The molecule has 7 heteroatoms. The topological polar surface area (TPSA) is 91.8 Å². The number of rotatable bonds is 6. The van der Waals surface area contributed by atoms with Crippen LogP contribution < -0.4 is 10.5 Å². The number of halogens is 1. The molecule has 3 aromatic carbocycles. The number of fused-ring (bicyclic) bond motifs is 1. The van der Waals surface area contributed by atoms with Crippen LogP contribution in [0.2, 0.25) is 0 Å². The lowest BCUT2D eigenvalue weighted by atomic mass is 10.0. The van der Waals surface area contributed by atoms with Crippen molar-refractivity contribution >= 4 is 28.4 Å². The molecule has 0 amide bonds. The average Bonchev–Trinajstić information content (AvgIpc) is 3.13. The van der Waals surface area contributed by atoms with Crippen LogP contribution in [0.25, 0.3) is 22.3 Å². The quantitative estimate of drug-likeness (QED) is 0.228. The zero-order chi connectivity index (χ0) is 22.8. The summed E-state index contributed by atoms with van der Waals surface area (Å²) in [6.07, 6.45) is 0. The first-order valence-corrected chi connectivity index (χ1v) is 9.95. The number of esters is 1. The lowest BCUT2D eigenvalue weighted by Crippen LogP contribution is -2.06. The Balaban J connectivity index is 1.77. The van der Waals surface area contributed by atoms with Gasteiger partial charge < -0.3 is 19.6 Å². The van der Waals surface area contributed by atoms with E-state index in [-0.39, 0.29) is 29.5 Å². The molecule has 0 spiro atoms. The fraction of sp³-hybridized carbons (Fsp3) is 0.120. The Morgan fingerprint density at radius 1 is 1.00 bits per heavy atom. The van der Waals surface area contributed by atoms with E-state index in [1.165, 1.54) is 37.3 Å². The molecule has 2 N–H and O–H groups in total. The minimum Gasteiger partial charge on any atom is -0.462 e. The van der Waals surface area contributed by atoms with E-state index in [0.717, 1.165) is 0 Å². The molecule has 4 rings (SSSR count). The van der Waals surface area contributed by atoms with Crippen LogP contribution >= 0.6 is 0 Å². The van der Waals surface area contributed by atoms with Gasteiger partial charge in [-0.05, 0) is 68.4 Å². The molecular weight excluding hydrogens is 413 g/mol. The standard InChI is InChI=1S/C25H20FNO5/c1-3-30-25(29)23-20-12-19(14(2)28)21(27)13-22(20)32-24(23)15-4-8-17(9-5-15)31-18-10-6-16(26)7-11-18/h4-13H,3,27H2,1-2H3. The van der Waals surface area contributed by atoms with Gasteiger partial charge >= 0.3 is 5.97 Å². The lowest BCUT2D eigenvalue weighted by molar-refractivity contribution is 0.0528. The molecule has 0 saturated heterocycles. The molecule has 0 aliphatic heterocycles. The fourth-order valence-corrected chi connectivity index (χ4v) is 3.39. The van der Waals surface area contributed by atoms with Gasteiger partial charge in [0.1, 0.15) is 34.2 Å². The molecule has 0 aliphatic carbocycles. The number of Topliss-reactive ketones (excluding diaryl/α,β-unsaturated/α-hetero) is 1. The second-order valence-corrected chi connectivity index (χ2v) is 7.10. The number of carbonyl (C=O) groups excluding carboxylic acids is 2. The maximum Gasteiger partial charge on any atom is 0.342 e. The van der Waals surface area contributed by atoms with Crippen molar-refractivity contribution in [3.05, 3.63) is 77.6 Å². The SMILES string of the molecule is CCOC(=O)c1c(-c2ccc(Oc3ccc(F)cc3)cc2)oc2cc(N)c(C(C)=O)cc12. The summed E-state index contributed by atoms with van der Waals surface area (Å²) >= 11 is 0. The first-order chi connectivity index (χ1) is 15.4. The van der Waals surface area contributed by atoms with Crippen LogP contribution in [0, 0.1) is 5.82 Å². The molecule has 0 radical (unpaired) electrons. The van der Waals surface area contributed by atoms with Crippen molar-refractivity contribution in [2.75, 3.05) is 12.3 Å². The molecule has 4 aromatic rings. The second-order valence-electron chi connectivity index (χ2n) is 7.10. The molecule has 0 aliphatic rings. The van der Waals surface area contributed by atoms with Crippen molar-refractivity contribution in [2.24, 2.45) is 0 Å². The van der Waals surface area contributed by atoms with E-state index < -0.39 is 5.97 Å². The van der Waals surface area contributed by atoms with Crippen molar-refractivity contribution in [1.82, 2.24) is 0 Å². The Kier molecular flexibility index (Phi) is 5.64. The van der Waals surface area contributed by atoms with E-state index in [0.29, 0.717) is 39.4 Å². The highest BCUT2D eigenvalue weighted by atomic mass is 19.1. The van der Waals surface area contributed by atoms with Crippen LogP contribution in [0.1, 0.15) is 34.6 Å². The molecule has 1 heterocycles. The number of nitrogens with two attached hydrogens (primary N) is 1. The number of furan rings is 1. The van der Waals surface area contributed by atoms with Gasteiger partial charge in [0.25, 0.3) is 0 Å². The van der Waals surface area contributed by atoms with E-state index in [1.807, 2.05) is 0 Å². The number of hydrogen-bond donors (Lipinski definition) is 1. The molecule has 0 bridgehead atoms. The average molecular weight is 433 g/mol. The van der Waals surface area contributed by atoms with Crippen molar-refractivity contribution in [3.8, 4) is 22.8 Å². The minimum absolute atomic E-state index is 0.184. The molecule has 0 saturated carbocycles. The number of ether oxygens (including phenoxy) is 2. The molecule has 32 heavy (non-hydrogen) atoms. The van der Waals surface area contributed by atoms with Crippen LogP contribution in [0.5, 0.6) is 11.5 Å². The molecule has 162 valence electrons. The first-order valence-electron chi connectivity index (χ1n) is 9.95. The number of carbonyl (C=O) groups is 2. The Bertz CT molecular complexity index is 1310. The molecule has 0 unspecified atom stereocenters. The van der Waals surface area contributed by atoms with Crippen molar-refractivity contribution in [2.45, 2.75) is 13.8 Å². The summed E-state index contributed by atoms with van der Waals surface area (Å²) in [6.45, 7) is 3.30. The van der Waals surface area contributed by atoms with E-state index in [2.05, 4.69) is 0 Å². The monoisotopic (exact) mass is 433 g/mol. The minimum atomic E-state index is -0.563. The maximum absolute atomic E-state index is 13.1. The van der Waals surface area contributed by atoms with Gasteiger partial charge in [0.15, 0.2) is 5.78 Å². The van der Waals surface area contributed by atoms with E-state index >= 15 is 0 Å². The van der Waals surface area contributed by atoms with Gasteiger partial charge in [0.05, 0.1) is 6.61 Å². The molecule has 1 aromatic heterocycles. The van der Waals surface area contributed by atoms with Gasteiger partial charge in [0.2, 0.25) is 0 Å². The Labute approximate surface area is 183 Å². The fourth-order valence-electron chi connectivity index (χ4n) is 3.39. The summed E-state index contributed by atoms with van der Waals surface area (Å²) < 4.78 is 30.0. The molecule has 0 fully saturated rings. The largest absolute Gasteiger partial charge is 0.462 e. The number of anilines is 1. The zero-order valence-electron chi connectivity index (χ0n) is 17.5. The van der Waals surface area contributed by atoms with Gasteiger partial charge in [0, 0.05) is 28.3 Å². The van der Waals surface area contributed by atoms with Crippen LogP contribution in [0.15, 0.2) is 65.1 Å². The summed E-state index contributed by atoms with van der Waals surface area (Å²) in [4.78, 5) is 24.7. The van der Waals surface area contributed by atoms with Gasteiger partial charge in [-0.3, -0.25) is 4.79 Å². The third-order valence-corrected chi connectivity index (χ3v) is 4.88. The summed E-state index contributed by atoms with van der Waals surface area (Å²) in [5.74, 6) is 0.181. The molecular formula is C25H20FNO5. The number of hydrogen-bond acceptors (Lipinski definition) is 6. The van der Waals surface area contributed by atoms with Crippen molar-refractivity contribution in [3.63, 3.8) is 0 Å². The maximum atomic E-state index is 13.1. The Morgan fingerprint density at radius 2 is 1.62 bits per heavy atom. The highest BCUT2D eigenvalue weighted by molar-refractivity contribution is 6.12. The number of nitrogen functional groups attached to an aromatic ring is 1. The lowest BCUT2D eigenvalue weighted by Gasteiger charge is -2.07. The van der Waals surface area contributed by atoms with E-state index in [1.54, 1.807) is 37.3 Å². The van der Waals surface area contributed by atoms with Gasteiger partial charge in [-0.2, -0.15) is 0 Å². The molecule has 0 atom stereocenters. The summed E-state index contributed by atoms with van der Waals surface area (Å²) in [7, 11) is 0. The van der Waals surface area contributed by atoms with Crippen LogP contribution in [0.3, 0.4) is 0 Å². The van der Waals surface area contributed by atoms with Gasteiger partial charge in [-0.1, -0.05) is 0 Å². The normalized spacial score (nSPS) is 10.8. The number of ketones is 1. The number of benzene rings is 3. The van der Waals surface area contributed by atoms with Crippen LogP contribution in [-0.4, -0.2) is 18.4 Å². The van der Waals surface area contributed by atoms with Crippen molar-refractivity contribution < 1.29 is 27.9 Å². The Morgan fingerprint density at radius 3 is 2.22 bits per heavy atom. The smallest absolute Gasteiger partial charge is 0.342 e. The zero-order valence-corrected chi connectivity index (χ0v) is 17.5. The predicted octanol–water partition coefficient (Wildman–Crippen LogP) is 5.99. The summed E-state index contributed by atoms with van der Waals surface area (Å²) in [5.41, 5.74) is 7.76. The van der Waals surface area contributed by atoms with Crippen LogP contribution in [0.4, 0.5) is 10.1 Å². The summed E-state index contributed by atoms with van der Waals surface area (Å²) in [6, 6.07) is 15.6. The molecule has 6 nitrogen and oxygen atoms in total. The highest BCUT2D eigenvalue weighted by Crippen LogP contribution is 2.37.